The second-order valence-corrected chi connectivity index (χ2v) is 12.4. The summed E-state index contributed by atoms with van der Waals surface area (Å²) in [4.78, 5) is 43.4. The van der Waals surface area contributed by atoms with E-state index >= 15 is 0 Å². The number of hydrogen-bond donors (Lipinski definition) is 4. The lowest BCUT2D eigenvalue weighted by molar-refractivity contribution is -0.00649. The minimum Gasteiger partial charge on any atom is -0.382 e. The van der Waals surface area contributed by atoms with Crippen molar-refractivity contribution in [1.29, 1.82) is 0 Å². The quantitative estimate of drug-likeness (QED) is 0.343. The smallest absolute Gasteiger partial charge is 0.382 e. The third-order valence-electron chi connectivity index (χ3n) is 4.90. The summed E-state index contributed by atoms with van der Waals surface area (Å²) in [5, 5.41) is 0. The number of ether oxygens (including phenoxy) is 1. The van der Waals surface area contributed by atoms with Crippen molar-refractivity contribution in [3.05, 3.63) is 25.1 Å². The van der Waals surface area contributed by atoms with Crippen molar-refractivity contribution in [3.63, 3.8) is 0 Å². The van der Waals surface area contributed by atoms with Crippen LogP contribution in [0.4, 0.5) is 5.82 Å². The Bertz CT molecular complexity index is 1260. The fourth-order valence-corrected chi connectivity index (χ4v) is 7.59. The van der Waals surface area contributed by atoms with Gasteiger partial charge in [-0.05, 0) is 6.92 Å². The maximum atomic E-state index is 12.4. The number of aromatic nitrogens is 4. The number of nitrogen functional groups attached to an aromatic ring is 1. The number of anilines is 1. The van der Waals surface area contributed by atoms with E-state index in [1.165, 1.54) is 28.3 Å². The standard InChI is InChI=1S/C14H22N7O10P3/c1-9-10(5-11(28-9)21-7-18-12-13(15)16-6-17-14(12)21)29-33(24,25)31-34(26,27)30-32(22,23)20-4-3-19(2)8-20/h3-4,6-7,9-11H,5,8H2,1-2H3,(H,22,23)(H,24,25)(H,26,27)(H2,15,16,17)/t9-,10+,11-/m1/s1. The number of phosphoric ester groups is 1. The van der Waals surface area contributed by atoms with Crippen molar-refractivity contribution in [2.75, 3.05) is 19.5 Å². The van der Waals surface area contributed by atoms with E-state index in [9.17, 15) is 28.4 Å². The third kappa shape index (κ3) is 5.34. The molecule has 0 aromatic carbocycles. The van der Waals surface area contributed by atoms with Gasteiger partial charge < -0.3 is 30.1 Å². The largest absolute Gasteiger partial charge is 0.489 e. The van der Waals surface area contributed by atoms with Crippen LogP contribution in [0.1, 0.15) is 19.6 Å². The fourth-order valence-electron chi connectivity index (χ4n) is 3.36. The Morgan fingerprint density at radius 3 is 2.53 bits per heavy atom. The number of rotatable bonds is 8. The van der Waals surface area contributed by atoms with Crippen LogP contribution in [0.3, 0.4) is 0 Å². The molecular weight excluding hydrogens is 519 g/mol. The van der Waals surface area contributed by atoms with Crippen LogP contribution >= 0.6 is 23.4 Å². The van der Waals surface area contributed by atoms with Gasteiger partial charge in [-0.25, -0.2) is 28.6 Å². The average Bonchev–Trinajstić information content (AvgIpc) is 3.39. The van der Waals surface area contributed by atoms with Gasteiger partial charge >= 0.3 is 23.4 Å². The molecule has 34 heavy (non-hydrogen) atoms. The highest BCUT2D eigenvalue weighted by atomic mass is 31.3. The van der Waals surface area contributed by atoms with Crippen LogP contribution < -0.4 is 5.73 Å². The van der Waals surface area contributed by atoms with E-state index in [1.54, 1.807) is 14.0 Å². The topological polar surface area (TPSA) is 225 Å². The first kappa shape index (κ1) is 25.2. The van der Waals surface area contributed by atoms with Crippen LogP contribution in [0, 0.1) is 0 Å². The maximum absolute atomic E-state index is 12.4. The molecule has 0 bridgehead atoms. The van der Waals surface area contributed by atoms with E-state index in [2.05, 4.69) is 23.6 Å². The lowest BCUT2D eigenvalue weighted by Gasteiger charge is -2.25. The van der Waals surface area contributed by atoms with Crippen molar-refractivity contribution < 1.29 is 46.3 Å². The lowest BCUT2D eigenvalue weighted by atomic mass is 10.2. The van der Waals surface area contributed by atoms with Gasteiger partial charge in [0.1, 0.15) is 18.1 Å². The molecule has 6 atom stereocenters. The third-order valence-corrected chi connectivity index (χ3v) is 9.67. The predicted molar refractivity (Wildman–Crippen MR) is 114 cm³/mol. The van der Waals surface area contributed by atoms with Gasteiger partial charge in [-0.3, -0.25) is 13.8 Å². The summed E-state index contributed by atoms with van der Waals surface area (Å²) in [6.45, 7) is 1.42. The van der Waals surface area contributed by atoms with Gasteiger partial charge in [-0.1, -0.05) is 0 Å². The summed E-state index contributed by atoms with van der Waals surface area (Å²) < 4.78 is 58.4. The van der Waals surface area contributed by atoms with Crippen LogP contribution in [0.2, 0.25) is 0 Å². The zero-order chi connectivity index (χ0) is 24.9. The summed E-state index contributed by atoms with van der Waals surface area (Å²) in [5.74, 6) is 0.159. The molecule has 0 spiro atoms. The molecule has 2 aromatic rings. The van der Waals surface area contributed by atoms with Crippen LogP contribution in [-0.2, 0) is 31.6 Å². The van der Waals surface area contributed by atoms with Crippen LogP contribution in [-0.4, -0.2) is 69.7 Å². The Balaban J connectivity index is 1.42. The molecule has 17 nitrogen and oxygen atoms in total. The zero-order valence-corrected chi connectivity index (χ0v) is 20.4. The molecule has 2 aliphatic heterocycles. The molecule has 4 rings (SSSR count). The molecular formula is C14H22N7O10P3. The number of fused-ring (bicyclic) bond motifs is 1. The van der Waals surface area contributed by atoms with Gasteiger partial charge in [0.25, 0.3) is 0 Å². The summed E-state index contributed by atoms with van der Waals surface area (Å²) in [6.07, 6.45) is 2.64. The number of nitrogens with two attached hydrogens (primary N) is 1. The molecule has 2 aliphatic rings. The number of phosphoric acid groups is 2. The second-order valence-electron chi connectivity index (χ2n) is 7.49. The normalized spacial score (nSPS) is 28.2. The molecule has 0 saturated carbocycles. The summed E-state index contributed by atoms with van der Waals surface area (Å²) in [5.41, 5.74) is 6.47. The molecule has 0 aliphatic carbocycles. The van der Waals surface area contributed by atoms with Crippen LogP contribution in [0.5, 0.6) is 0 Å². The van der Waals surface area contributed by atoms with Gasteiger partial charge in [-0.15, -0.1) is 0 Å². The molecule has 3 unspecified atom stereocenters. The molecule has 1 fully saturated rings. The Hall–Kier alpha value is -1.90. The second kappa shape index (κ2) is 8.95. The fraction of sp³-hybridized carbons (Fsp3) is 0.500. The van der Waals surface area contributed by atoms with Crippen molar-refractivity contribution >= 4 is 40.4 Å². The van der Waals surface area contributed by atoms with Gasteiger partial charge in [0.2, 0.25) is 0 Å². The maximum Gasteiger partial charge on any atom is 0.489 e. The molecule has 2 aromatic heterocycles. The van der Waals surface area contributed by atoms with Crippen molar-refractivity contribution in [2.45, 2.75) is 31.8 Å². The first-order chi connectivity index (χ1) is 15.8. The number of hydrogen-bond acceptors (Lipinski definition) is 12. The minimum absolute atomic E-state index is 0.00440. The summed E-state index contributed by atoms with van der Waals surface area (Å²) in [6, 6.07) is 0. The highest BCUT2D eigenvalue weighted by molar-refractivity contribution is 7.67. The zero-order valence-electron chi connectivity index (χ0n) is 17.8. The van der Waals surface area contributed by atoms with Crippen LogP contribution in [0.25, 0.3) is 11.2 Å². The van der Waals surface area contributed by atoms with E-state index in [-0.39, 0.29) is 18.9 Å². The molecule has 4 heterocycles. The Kier molecular flexibility index (Phi) is 6.64. The Morgan fingerprint density at radius 1 is 1.12 bits per heavy atom. The molecule has 0 radical (unpaired) electrons. The van der Waals surface area contributed by atoms with Gasteiger partial charge in [0.15, 0.2) is 11.5 Å². The van der Waals surface area contributed by atoms with Crippen molar-refractivity contribution in [2.24, 2.45) is 0 Å². The minimum atomic E-state index is -5.52. The van der Waals surface area contributed by atoms with Crippen molar-refractivity contribution in [1.82, 2.24) is 29.1 Å². The Labute approximate surface area is 192 Å². The molecule has 1 saturated heterocycles. The molecule has 20 heteroatoms. The van der Waals surface area contributed by atoms with E-state index in [4.69, 9.17) is 15.0 Å². The average molecular weight is 541 g/mol. The summed E-state index contributed by atoms with van der Waals surface area (Å²) >= 11 is 0. The number of imidazole rings is 1. The SMILES string of the molecule is C[C@H]1O[C@@H](n2cnc3c(N)ncnc32)C[C@@H]1OP(=O)(O)OP(=O)(O)OP(=O)(O)N1C=CN(C)C1. The van der Waals surface area contributed by atoms with Crippen molar-refractivity contribution in [3.8, 4) is 0 Å². The highest BCUT2D eigenvalue weighted by Gasteiger charge is 2.47. The van der Waals surface area contributed by atoms with E-state index in [0.717, 1.165) is 10.9 Å². The highest BCUT2D eigenvalue weighted by Crippen LogP contribution is 2.69. The lowest BCUT2D eigenvalue weighted by Crippen LogP contribution is -2.21. The first-order valence-electron chi connectivity index (χ1n) is 9.60. The van der Waals surface area contributed by atoms with Crippen LogP contribution in [0.15, 0.2) is 25.1 Å². The van der Waals surface area contributed by atoms with Gasteiger partial charge in [0, 0.05) is 25.9 Å². The molecule has 5 N–H and O–H groups in total. The van der Waals surface area contributed by atoms with E-state index in [0.29, 0.717) is 11.2 Å². The van der Waals surface area contributed by atoms with Gasteiger partial charge in [-0.2, -0.15) is 8.62 Å². The Morgan fingerprint density at radius 2 is 1.85 bits per heavy atom. The first-order valence-corrected chi connectivity index (χ1v) is 14.1. The summed E-state index contributed by atoms with van der Waals surface area (Å²) in [7, 11) is -14.1. The molecule has 188 valence electrons. The van der Waals surface area contributed by atoms with E-state index in [1.807, 2.05) is 0 Å². The monoisotopic (exact) mass is 541 g/mol. The predicted octanol–water partition coefficient (Wildman–Crippen LogP) is 1.11. The van der Waals surface area contributed by atoms with Gasteiger partial charge in [0.05, 0.1) is 25.2 Å². The molecule has 0 amide bonds. The number of nitrogens with zero attached hydrogens (tertiary/aromatic N) is 6. The van der Waals surface area contributed by atoms with E-state index < -0.39 is 41.8 Å².